The number of fused-ring (bicyclic) bond motifs is 1. The Kier molecular flexibility index (Phi) is 5.63. The molecule has 0 unspecified atom stereocenters. The summed E-state index contributed by atoms with van der Waals surface area (Å²) in [6.07, 6.45) is 7.95. The van der Waals surface area contributed by atoms with E-state index in [1.54, 1.807) is 16.9 Å². The molecule has 9 heteroatoms. The number of rotatable bonds is 6. The number of carbonyl (C=O) groups excluding carboxylic acids is 1. The lowest BCUT2D eigenvalue weighted by atomic mass is 10.1. The molecule has 1 aliphatic heterocycles. The predicted octanol–water partition coefficient (Wildman–Crippen LogP) is 2.35. The van der Waals surface area contributed by atoms with Crippen molar-refractivity contribution in [3.63, 3.8) is 0 Å². The van der Waals surface area contributed by atoms with Crippen LogP contribution in [0.25, 0.3) is 5.65 Å². The van der Waals surface area contributed by atoms with Crippen molar-refractivity contribution in [1.82, 2.24) is 24.9 Å². The van der Waals surface area contributed by atoms with E-state index in [2.05, 4.69) is 20.3 Å². The van der Waals surface area contributed by atoms with Crippen molar-refractivity contribution < 1.29 is 14.3 Å². The van der Waals surface area contributed by atoms with Gasteiger partial charge in [0.2, 0.25) is 0 Å². The molecule has 2 atom stereocenters. The van der Waals surface area contributed by atoms with E-state index in [0.717, 1.165) is 24.9 Å². The summed E-state index contributed by atoms with van der Waals surface area (Å²) < 4.78 is 15.2. The van der Waals surface area contributed by atoms with Crippen LogP contribution in [0, 0.1) is 11.7 Å². The summed E-state index contributed by atoms with van der Waals surface area (Å²) >= 11 is 0. The normalized spacial score (nSPS) is 17.6. The van der Waals surface area contributed by atoms with Crippen LogP contribution in [0.5, 0.6) is 0 Å². The molecule has 0 bridgehead atoms. The van der Waals surface area contributed by atoms with Crippen LogP contribution in [0.1, 0.15) is 48.7 Å². The number of pyridine rings is 1. The molecular formula is C21H25FN6O2. The van der Waals surface area contributed by atoms with Crippen LogP contribution >= 0.6 is 0 Å². The second kappa shape index (κ2) is 8.35. The first-order valence-corrected chi connectivity index (χ1v) is 10.1. The van der Waals surface area contributed by atoms with Gasteiger partial charge in [-0.3, -0.25) is 9.78 Å². The van der Waals surface area contributed by atoms with E-state index in [4.69, 9.17) is 4.98 Å². The maximum Gasteiger partial charge on any atom is 0.257 e. The van der Waals surface area contributed by atoms with E-state index in [0.29, 0.717) is 17.0 Å². The average Bonchev–Trinajstić information content (AvgIpc) is 3.38. The van der Waals surface area contributed by atoms with E-state index in [1.807, 2.05) is 19.9 Å². The number of nitrogens with zero attached hydrogens (tertiary/aromatic N) is 5. The van der Waals surface area contributed by atoms with Crippen LogP contribution in [0.15, 0.2) is 36.9 Å². The van der Waals surface area contributed by atoms with Crippen LogP contribution in [0.2, 0.25) is 0 Å². The topological polar surface area (TPSA) is 95.6 Å². The molecule has 1 fully saturated rings. The summed E-state index contributed by atoms with van der Waals surface area (Å²) in [5.74, 6) is 0.108. The molecule has 158 valence electrons. The van der Waals surface area contributed by atoms with Crippen molar-refractivity contribution in [3.8, 4) is 0 Å². The Balaban J connectivity index is 1.64. The molecule has 1 saturated heterocycles. The smallest absolute Gasteiger partial charge is 0.257 e. The van der Waals surface area contributed by atoms with E-state index >= 15 is 0 Å². The highest BCUT2D eigenvalue weighted by Gasteiger charge is 2.28. The molecule has 1 aliphatic rings. The van der Waals surface area contributed by atoms with Gasteiger partial charge in [0.25, 0.3) is 5.91 Å². The zero-order valence-corrected chi connectivity index (χ0v) is 17.0. The van der Waals surface area contributed by atoms with Crippen molar-refractivity contribution in [1.29, 1.82) is 0 Å². The van der Waals surface area contributed by atoms with E-state index in [1.165, 1.54) is 18.5 Å². The van der Waals surface area contributed by atoms with Gasteiger partial charge < -0.3 is 15.3 Å². The first kappa shape index (κ1) is 20.2. The SMILES string of the molecule is CC(C)[C@H](CO)NC(=O)c1cnn2ccc(N3CCC[C@@H]3c3cncc(F)c3)nc12. The average molecular weight is 412 g/mol. The fourth-order valence-electron chi connectivity index (χ4n) is 3.85. The molecule has 3 aromatic heterocycles. The highest BCUT2D eigenvalue weighted by Crippen LogP contribution is 2.35. The Labute approximate surface area is 173 Å². The molecule has 0 aromatic carbocycles. The zero-order chi connectivity index (χ0) is 21.3. The maximum absolute atomic E-state index is 13.7. The molecule has 2 N–H and O–H groups in total. The minimum atomic E-state index is -0.360. The minimum absolute atomic E-state index is 0.0249. The first-order valence-electron chi connectivity index (χ1n) is 10.1. The van der Waals surface area contributed by atoms with E-state index in [-0.39, 0.29) is 36.3 Å². The Hall–Kier alpha value is -3.07. The van der Waals surface area contributed by atoms with Crippen LogP contribution in [-0.2, 0) is 0 Å². The number of aliphatic hydroxyl groups is 1. The second-order valence-corrected chi connectivity index (χ2v) is 7.91. The number of amides is 1. The molecule has 8 nitrogen and oxygen atoms in total. The monoisotopic (exact) mass is 412 g/mol. The van der Waals surface area contributed by atoms with Crippen molar-refractivity contribution in [3.05, 3.63) is 53.9 Å². The van der Waals surface area contributed by atoms with Crippen molar-refractivity contribution in [2.24, 2.45) is 5.92 Å². The molecule has 0 spiro atoms. The van der Waals surface area contributed by atoms with Gasteiger partial charge in [-0.15, -0.1) is 0 Å². The summed E-state index contributed by atoms with van der Waals surface area (Å²) in [6.45, 7) is 4.50. The number of hydrogen-bond donors (Lipinski definition) is 2. The molecule has 1 amide bonds. The standard InChI is InChI=1S/C21H25FN6O2/c1-13(2)17(12-29)25-21(30)16-11-24-28-7-5-19(26-20(16)28)27-6-3-4-18(27)14-8-15(22)10-23-9-14/h5,7-11,13,17-18,29H,3-4,6,12H2,1-2H3,(H,25,30)/t17-,18+/m0/s1. The fourth-order valence-corrected chi connectivity index (χ4v) is 3.85. The van der Waals surface area contributed by atoms with Gasteiger partial charge in [0, 0.05) is 18.9 Å². The number of aromatic nitrogens is 4. The molecule has 0 saturated carbocycles. The number of hydrogen-bond acceptors (Lipinski definition) is 6. The van der Waals surface area contributed by atoms with Crippen LogP contribution < -0.4 is 10.2 Å². The highest BCUT2D eigenvalue weighted by atomic mass is 19.1. The minimum Gasteiger partial charge on any atom is -0.394 e. The summed E-state index contributed by atoms with van der Waals surface area (Å²) in [7, 11) is 0. The number of anilines is 1. The molecule has 0 aliphatic carbocycles. The molecule has 0 radical (unpaired) electrons. The van der Waals surface area contributed by atoms with Gasteiger partial charge in [0.1, 0.15) is 17.2 Å². The van der Waals surface area contributed by atoms with Gasteiger partial charge >= 0.3 is 0 Å². The van der Waals surface area contributed by atoms with Crippen LogP contribution in [0.3, 0.4) is 0 Å². The third-order valence-electron chi connectivity index (χ3n) is 5.57. The Bertz CT molecular complexity index is 1050. The summed E-state index contributed by atoms with van der Waals surface area (Å²) in [6, 6.07) is 2.98. The Morgan fingerprint density at radius 2 is 2.20 bits per heavy atom. The molecular weight excluding hydrogens is 387 g/mol. The fraction of sp³-hybridized carbons (Fsp3) is 0.429. The van der Waals surface area contributed by atoms with Gasteiger partial charge in [0.15, 0.2) is 5.65 Å². The molecule has 3 aromatic rings. The predicted molar refractivity (Wildman–Crippen MR) is 110 cm³/mol. The van der Waals surface area contributed by atoms with E-state index < -0.39 is 0 Å². The van der Waals surface area contributed by atoms with Crippen molar-refractivity contribution >= 4 is 17.4 Å². The van der Waals surface area contributed by atoms with Crippen LogP contribution in [0.4, 0.5) is 10.2 Å². The summed E-state index contributed by atoms with van der Waals surface area (Å²) in [5, 5.41) is 16.6. The van der Waals surface area contributed by atoms with Crippen molar-refractivity contribution in [2.45, 2.75) is 38.8 Å². The van der Waals surface area contributed by atoms with Gasteiger partial charge in [0.05, 0.1) is 31.1 Å². The summed E-state index contributed by atoms with van der Waals surface area (Å²) in [4.78, 5) is 23.6. The Morgan fingerprint density at radius 1 is 1.37 bits per heavy atom. The van der Waals surface area contributed by atoms with Crippen LogP contribution in [-0.4, -0.2) is 49.8 Å². The number of halogens is 1. The Morgan fingerprint density at radius 3 is 2.93 bits per heavy atom. The summed E-state index contributed by atoms with van der Waals surface area (Å²) in [5.41, 5.74) is 1.59. The zero-order valence-electron chi connectivity index (χ0n) is 17.0. The van der Waals surface area contributed by atoms with Gasteiger partial charge in [-0.25, -0.2) is 13.9 Å². The molecule has 4 rings (SSSR count). The maximum atomic E-state index is 13.7. The lowest BCUT2D eigenvalue weighted by Gasteiger charge is -2.26. The lowest BCUT2D eigenvalue weighted by Crippen LogP contribution is -2.41. The lowest BCUT2D eigenvalue weighted by molar-refractivity contribution is 0.0898. The van der Waals surface area contributed by atoms with Gasteiger partial charge in [-0.1, -0.05) is 13.8 Å². The largest absolute Gasteiger partial charge is 0.394 e. The van der Waals surface area contributed by atoms with Gasteiger partial charge in [-0.05, 0) is 36.5 Å². The van der Waals surface area contributed by atoms with E-state index in [9.17, 15) is 14.3 Å². The first-order chi connectivity index (χ1) is 14.5. The third kappa shape index (κ3) is 3.85. The van der Waals surface area contributed by atoms with Gasteiger partial charge in [-0.2, -0.15) is 5.10 Å². The number of aliphatic hydroxyl groups excluding tert-OH is 1. The van der Waals surface area contributed by atoms with Crippen molar-refractivity contribution in [2.75, 3.05) is 18.1 Å². The highest BCUT2D eigenvalue weighted by molar-refractivity contribution is 6.00. The molecule has 30 heavy (non-hydrogen) atoms. The number of nitrogens with one attached hydrogen (secondary N) is 1. The molecule has 4 heterocycles. The third-order valence-corrected chi connectivity index (χ3v) is 5.57. The quantitative estimate of drug-likeness (QED) is 0.645. The second-order valence-electron chi connectivity index (χ2n) is 7.91. The number of carbonyl (C=O) groups is 1.